The zero-order valence-corrected chi connectivity index (χ0v) is 9.72. The topological polar surface area (TPSA) is 45.1 Å². The molecule has 0 bridgehead atoms. The Bertz CT molecular complexity index is 348. The van der Waals surface area contributed by atoms with Crippen molar-refractivity contribution in [2.24, 2.45) is 0 Å². The van der Waals surface area contributed by atoms with Gasteiger partial charge >= 0.3 is 0 Å². The summed E-state index contributed by atoms with van der Waals surface area (Å²) in [5, 5.41) is 13.1. The molecule has 1 aromatic heterocycles. The Labute approximate surface area is 95.6 Å². The lowest BCUT2D eigenvalue weighted by molar-refractivity contribution is 0.0784. The molecule has 1 aliphatic rings. The molecule has 0 radical (unpaired) electrons. The number of anilines is 1. The van der Waals surface area contributed by atoms with Crippen LogP contribution in [0.4, 0.5) is 5.82 Å². The van der Waals surface area contributed by atoms with Crippen LogP contribution in [0.25, 0.3) is 0 Å². The monoisotopic (exact) mass is 276 g/mol. The second-order valence-electron chi connectivity index (χ2n) is 3.38. The molecule has 0 amide bonds. The number of halogens is 2. The lowest BCUT2D eigenvalue weighted by Crippen LogP contribution is -2.43. The van der Waals surface area contributed by atoms with Gasteiger partial charge in [0.05, 0.1) is 21.6 Å². The maximum absolute atomic E-state index is 9.38. The minimum absolute atomic E-state index is 0.125. The van der Waals surface area contributed by atoms with Crippen LogP contribution in [-0.4, -0.2) is 22.2 Å². The zero-order valence-electron chi connectivity index (χ0n) is 7.37. The van der Waals surface area contributed by atoms with Crippen LogP contribution < -0.4 is 5.32 Å². The average molecular weight is 278 g/mol. The highest BCUT2D eigenvalue weighted by molar-refractivity contribution is 9.10. The quantitative estimate of drug-likeness (QED) is 0.873. The molecule has 2 rings (SSSR count). The van der Waals surface area contributed by atoms with E-state index in [0.29, 0.717) is 5.02 Å². The van der Waals surface area contributed by atoms with E-state index in [4.69, 9.17) is 11.6 Å². The molecule has 2 N–H and O–H groups in total. The van der Waals surface area contributed by atoms with Crippen molar-refractivity contribution in [2.45, 2.75) is 25.0 Å². The Balaban J connectivity index is 2.09. The molecule has 76 valence electrons. The van der Waals surface area contributed by atoms with E-state index in [-0.39, 0.29) is 12.1 Å². The van der Waals surface area contributed by atoms with Gasteiger partial charge in [-0.3, -0.25) is 0 Å². The molecule has 0 unspecified atom stereocenters. The molecule has 0 aromatic carbocycles. The predicted molar refractivity (Wildman–Crippen MR) is 59.6 cm³/mol. The van der Waals surface area contributed by atoms with E-state index in [9.17, 15) is 5.11 Å². The smallest absolute Gasteiger partial charge is 0.140 e. The number of rotatable bonds is 2. The molecule has 2 atom stereocenters. The molecule has 1 saturated carbocycles. The summed E-state index contributed by atoms with van der Waals surface area (Å²) in [6, 6.07) is 1.90. The first-order valence-electron chi connectivity index (χ1n) is 4.42. The summed E-state index contributed by atoms with van der Waals surface area (Å²) >= 11 is 9.12. The molecule has 0 spiro atoms. The number of hydrogen-bond acceptors (Lipinski definition) is 3. The number of aliphatic hydroxyl groups excluding tert-OH is 1. The summed E-state index contributed by atoms with van der Waals surface area (Å²) < 4.78 is 0.823. The van der Waals surface area contributed by atoms with Crippen molar-refractivity contribution in [1.29, 1.82) is 0 Å². The largest absolute Gasteiger partial charge is 0.391 e. The van der Waals surface area contributed by atoms with Crippen LogP contribution in [0.5, 0.6) is 0 Å². The molecule has 1 aliphatic carbocycles. The van der Waals surface area contributed by atoms with E-state index in [2.05, 4.69) is 26.2 Å². The van der Waals surface area contributed by atoms with Gasteiger partial charge < -0.3 is 10.4 Å². The maximum atomic E-state index is 9.38. The van der Waals surface area contributed by atoms with Crippen LogP contribution in [0.1, 0.15) is 12.8 Å². The van der Waals surface area contributed by atoms with Crippen LogP contribution in [0.15, 0.2) is 16.7 Å². The Hall–Kier alpha value is -0.320. The zero-order chi connectivity index (χ0) is 10.1. The third-order valence-electron chi connectivity index (χ3n) is 2.37. The van der Waals surface area contributed by atoms with Gasteiger partial charge in [-0.15, -0.1) is 0 Å². The average Bonchev–Trinajstić information content (AvgIpc) is 2.14. The van der Waals surface area contributed by atoms with Gasteiger partial charge in [0.15, 0.2) is 0 Å². The minimum Gasteiger partial charge on any atom is -0.391 e. The van der Waals surface area contributed by atoms with E-state index < -0.39 is 0 Å². The number of aromatic nitrogens is 1. The van der Waals surface area contributed by atoms with Gasteiger partial charge in [0.25, 0.3) is 0 Å². The number of nitrogens with one attached hydrogen (secondary N) is 1. The number of nitrogens with zero attached hydrogens (tertiary/aromatic N) is 1. The van der Waals surface area contributed by atoms with Crippen molar-refractivity contribution in [3.8, 4) is 0 Å². The third-order valence-corrected chi connectivity index (χ3v) is 3.18. The van der Waals surface area contributed by atoms with Gasteiger partial charge in [0.1, 0.15) is 5.82 Å². The van der Waals surface area contributed by atoms with Crippen molar-refractivity contribution in [1.82, 2.24) is 4.98 Å². The fourth-order valence-corrected chi connectivity index (χ4v) is 2.10. The maximum Gasteiger partial charge on any atom is 0.140 e. The Morgan fingerprint density at radius 1 is 1.57 bits per heavy atom. The molecule has 14 heavy (non-hydrogen) atoms. The summed E-state index contributed by atoms with van der Waals surface area (Å²) in [4.78, 5) is 4.13. The molecular formula is C9H10BrClN2O. The van der Waals surface area contributed by atoms with E-state index in [1.807, 2.05) is 0 Å². The number of aliphatic hydroxyl groups is 1. The van der Waals surface area contributed by atoms with Crippen LogP contribution in [-0.2, 0) is 0 Å². The standard InChI is InChI=1S/C9H10BrClN2O/c10-6-3-5(11)4-12-9(6)13-7-1-2-8(7)14/h3-4,7-8,14H,1-2H2,(H,12,13)/t7-,8-/m1/s1. The molecule has 1 heterocycles. The van der Waals surface area contributed by atoms with Gasteiger partial charge in [-0.2, -0.15) is 0 Å². The van der Waals surface area contributed by atoms with E-state index >= 15 is 0 Å². The van der Waals surface area contributed by atoms with Crippen LogP contribution >= 0.6 is 27.5 Å². The van der Waals surface area contributed by atoms with Crippen molar-refractivity contribution in [3.63, 3.8) is 0 Å². The first-order chi connectivity index (χ1) is 6.66. The summed E-state index contributed by atoms with van der Waals surface area (Å²) in [5.41, 5.74) is 0. The van der Waals surface area contributed by atoms with Crippen LogP contribution in [0.3, 0.4) is 0 Å². The van der Waals surface area contributed by atoms with Gasteiger partial charge in [-0.05, 0) is 34.8 Å². The van der Waals surface area contributed by atoms with Gasteiger partial charge in [0.2, 0.25) is 0 Å². The first kappa shape index (κ1) is 10.2. The fraction of sp³-hybridized carbons (Fsp3) is 0.444. The Kier molecular flexibility index (Phi) is 2.95. The van der Waals surface area contributed by atoms with Crippen molar-refractivity contribution < 1.29 is 5.11 Å². The molecule has 3 nitrogen and oxygen atoms in total. The summed E-state index contributed by atoms with van der Waals surface area (Å²) in [5.74, 6) is 0.734. The molecule has 0 saturated heterocycles. The van der Waals surface area contributed by atoms with Crippen LogP contribution in [0.2, 0.25) is 5.02 Å². The Morgan fingerprint density at radius 2 is 2.36 bits per heavy atom. The molecule has 1 fully saturated rings. The minimum atomic E-state index is -0.251. The van der Waals surface area contributed by atoms with Crippen molar-refractivity contribution in [2.75, 3.05) is 5.32 Å². The van der Waals surface area contributed by atoms with Gasteiger partial charge in [-0.1, -0.05) is 11.6 Å². The summed E-state index contributed by atoms with van der Waals surface area (Å²) in [7, 11) is 0. The lowest BCUT2D eigenvalue weighted by atomic mass is 9.89. The normalized spacial score (nSPS) is 25.6. The van der Waals surface area contributed by atoms with E-state index in [0.717, 1.165) is 23.1 Å². The number of hydrogen-bond donors (Lipinski definition) is 2. The van der Waals surface area contributed by atoms with E-state index in [1.54, 1.807) is 12.3 Å². The SMILES string of the molecule is O[C@@H]1CC[C@H]1Nc1ncc(Cl)cc1Br. The lowest BCUT2D eigenvalue weighted by Gasteiger charge is -2.33. The van der Waals surface area contributed by atoms with Crippen molar-refractivity contribution >= 4 is 33.3 Å². The summed E-state index contributed by atoms with van der Waals surface area (Å²) in [6.45, 7) is 0. The molecule has 0 aliphatic heterocycles. The van der Waals surface area contributed by atoms with Gasteiger partial charge in [0, 0.05) is 6.20 Å². The highest BCUT2D eigenvalue weighted by atomic mass is 79.9. The second kappa shape index (κ2) is 4.04. The predicted octanol–water partition coefficient (Wildman–Crippen LogP) is 2.43. The number of pyridine rings is 1. The van der Waals surface area contributed by atoms with E-state index in [1.165, 1.54) is 0 Å². The summed E-state index contributed by atoms with van der Waals surface area (Å²) in [6.07, 6.45) is 3.18. The fourth-order valence-electron chi connectivity index (χ4n) is 1.35. The van der Waals surface area contributed by atoms with Crippen LogP contribution in [0, 0.1) is 0 Å². The van der Waals surface area contributed by atoms with Crippen molar-refractivity contribution in [3.05, 3.63) is 21.8 Å². The molecular weight excluding hydrogens is 267 g/mol. The highest BCUT2D eigenvalue weighted by Gasteiger charge is 2.29. The first-order valence-corrected chi connectivity index (χ1v) is 5.59. The third kappa shape index (κ3) is 2.02. The second-order valence-corrected chi connectivity index (χ2v) is 4.67. The highest BCUT2D eigenvalue weighted by Crippen LogP contribution is 2.28. The Morgan fingerprint density at radius 3 is 2.86 bits per heavy atom. The molecule has 5 heteroatoms. The van der Waals surface area contributed by atoms with Gasteiger partial charge in [-0.25, -0.2) is 4.98 Å². The molecule has 1 aromatic rings.